The highest BCUT2D eigenvalue weighted by molar-refractivity contribution is 7.92. The molecule has 1 aliphatic heterocycles. The molecule has 0 aromatic heterocycles. The van der Waals surface area contributed by atoms with E-state index in [9.17, 15) is 8.42 Å². The summed E-state index contributed by atoms with van der Waals surface area (Å²) < 4.78 is 23.0. The fourth-order valence-corrected chi connectivity index (χ4v) is 2.91. The molecule has 0 atom stereocenters. The van der Waals surface area contributed by atoms with Gasteiger partial charge < -0.3 is 10.2 Å². The molecule has 0 amide bonds. The average Bonchev–Trinajstić information content (AvgIpc) is 2.75. The van der Waals surface area contributed by atoms with Gasteiger partial charge in [0.15, 0.2) is 9.84 Å². The van der Waals surface area contributed by atoms with Crippen molar-refractivity contribution in [1.82, 2.24) is 10.2 Å². The largest absolute Gasteiger partial charge is 0.316 e. The number of likely N-dealkylation sites (tertiary alicyclic amines) is 1. The van der Waals surface area contributed by atoms with E-state index in [1.54, 1.807) is 13.8 Å². The second kappa shape index (κ2) is 7.34. The van der Waals surface area contributed by atoms with E-state index in [0.29, 0.717) is 6.54 Å². The molecule has 1 aliphatic rings. The van der Waals surface area contributed by atoms with E-state index in [-0.39, 0.29) is 11.0 Å². The van der Waals surface area contributed by atoms with Crippen LogP contribution in [0, 0.1) is 0 Å². The summed E-state index contributed by atoms with van der Waals surface area (Å²) in [5.74, 6) is 0.258. The second-order valence-electron chi connectivity index (χ2n) is 5.07. The maximum absolute atomic E-state index is 11.5. The van der Waals surface area contributed by atoms with E-state index in [2.05, 4.69) is 10.2 Å². The van der Waals surface area contributed by atoms with Crippen LogP contribution >= 0.6 is 0 Å². The molecule has 0 aromatic rings. The van der Waals surface area contributed by atoms with Crippen molar-refractivity contribution in [2.24, 2.45) is 0 Å². The maximum atomic E-state index is 11.5. The third-order valence-electron chi connectivity index (χ3n) is 3.31. The maximum Gasteiger partial charge on any atom is 0.153 e. The SMILES string of the molecule is CC(C)S(=O)(=O)CCNCCCN1CCCC1. The normalized spacial score (nSPS) is 18.1. The van der Waals surface area contributed by atoms with Gasteiger partial charge in [0.1, 0.15) is 0 Å². The summed E-state index contributed by atoms with van der Waals surface area (Å²) in [5, 5.41) is 2.96. The van der Waals surface area contributed by atoms with E-state index in [0.717, 1.165) is 19.5 Å². The number of nitrogens with zero attached hydrogens (tertiary/aromatic N) is 1. The lowest BCUT2D eigenvalue weighted by Crippen LogP contribution is -2.29. The lowest BCUT2D eigenvalue weighted by Gasteiger charge is -2.14. The van der Waals surface area contributed by atoms with Gasteiger partial charge in [0.05, 0.1) is 11.0 Å². The smallest absolute Gasteiger partial charge is 0.153 e. The first-order valence-corrected chi connectivity index (χ1v) is 8.38. The van der Waals surface area contributed by atoms with Gasteiger partial charge in [0.2, 0.25) is 0 Å². The molecule has 5 heteroatoms. The monoisotopic (exact) mass is 262 g/mol. The molecule has 0 saturated carbocycles. The standard InChI is InChI=1S/C12H26N2O2S/c1-12(2)17(15,16)11-7-13-6-5-10-14-8-3-4-9-14/h12-13H,3-11H2,1-2H3. The number of hydrogen-bond donors (Lipinski definition) is 1. The highest BCUT2D eigenvalue weighted by atomic mass is 32.2. The molecule has 0 bridgehead atoms. The Morgan fingerprint density at radius 3 is 2.41 bits per heavy atom. The van der Waals surface area contributed by atoms with Crippen LogP contribution in [0.25, 0.3) is 0 Å². The first-order chi connectivity index (χ1) is 8.02. The lowest BCUT2D eigenvalue weighted by molar-refractivity contribution is 0.331. The topological polar surface area (TPSA) is 49.4 Å². The Labute approximate surface area is 106 Å². The molecule has 4 nitrogen and oxygen atoms in total. The van der Waals surface area contributed by atoms with Crippen LogP contribution < -0.4 is 5.32 Å². The van der Waals surface area contributed by atoms with Crippen molar-refractivity contribution in [3.63, 3.8) is 0 Å². The summed E-state index contributed by atoms with van der Waals surface area (Å²) >= 11 is 0. The van der Waals surface area contributed by atoms with Crippen LogP contribution in [0.1, 0.15) is 33.1 Å². The van der Waals surface area contributed by atoms with Gasteiger partial charge in [-0.1, -0.05) is 0 Å². The van der Waals surface area contributed by atoms with Gasteiger partial charge in [0.25, 0.3) is 0 Å². The van der Waals surface area contributed by atoms with E-state index in [1.807, 2.05) is 0 Å². The van der Waals surface area contributed by atoms with Crippen LogP contribution in [0.4, 0.5) is 0 Å². The number of hydrogen-bond acceptors (Lipinski definition) is 4. The Morgan fingerprint density at radius 1 is 1.18 bits per heavy atom. The van der Waals surface area contributed by atoms with Crippen molar-refractivity contribution in [3.05, 3.63) is 0 Å². The summed E-state index contributed by atoms with van der Waals surface area (Å²) in [5.41, 5.74) is 0. The van der Waals surface area contributed by atoms with Crippen molar-refractivity contribution >= 4 is 9.84 Å². The molecule has 0 spiro atoms. The Kier molecular flexibility index (Phi) is 6.44. The third-order valence-corrected chi connectivity index (χ3v) is 5.52. The van der Waals surface area contributed by atoms with Crippen LogP contribution in [0.3, 0.4) is 0 Å². The molecule has 1 N–H and O–H groups in total. The van der Waals surface area contributed by atoms with Crippen molar-refractivity contribution in [3.8, 4) is 0 Å². The predicted octanol–water partition coefficient (Wildman–Crippen LogP) is 0.885. The van der Waals surface area contributed by atoms with Crippen molar-refractivity contribution in [2.45, 2.75) is 38.4 Å². The van der Waals surface area contributed by atoms with E-state index in [1.165, 1.54) is 25.9 Å². The first kappa shape index (κ1) is 14.9. The molecule has 1 heterocycles. The lowest BCUT2D eigenvalue weighted by atomic mass is 10.4. The average molecular weight is 262 g/mol. The second-order valence-corrected chi connectivity index (χ2v) is 7.74. The van der Waals surface area contributed by atoms with Gasteiger partial charge >= 0.3 is 0 Å². The van der Waals surface area contributed by atoms with Crippen LogP contribution in [0.15, 0.2) is 0 Å². The quantitative estimate of drug-likeness (QED) is 0.660. The van der Waals surface area contributed by atoms with Crippen LogP contribution in [-0.2, 0) is 9.84 Å². The van der Waals surface area contributed by atoms with Gasteiger partial charge in [-0.05, 0) is 59.3 Å². The molecule has 102 valence electrons. The molecular weight excluding hydrogens is 236 g/mol. The Bertz CT molecular complexity index is 296. The Balaban J connectivity index is 1.97. The zero-order chi connectivity index (χ0) is 12.7. The summed E-state index contributed by atoms with van der Waals surface area (Å²) in [6.07, 6.45) is 3.78. The molecule has 0 radical (unpaired) electrons. The zero-order valence-corrected chi connectivity index (χ0v) is 11.9. The number of nitrogens with one attached hydrogen (secondary N) is 1. The van der Waals surface area contributed by atoms with Gasteiger partial charge in [0, 0.05) is 6.54 Å². The molecule has 17 heavy (non-hydrogen) atoms. The summed E-state index contributed by atoms with van der Waals surface area (Å²) in [6, 6.07) is 0. The number of rotatable bonds is 8. The molecule has 0 aliphatic carbocycles. The van der Waals surface area contributed by atoms with Crippen molar-refractivity contribution < 1.29 is 8.42 Å². The van der Waals surface area contributed by atoms with Gasteiger partial charge in [-0.2, -0.15) is 0 Å². The van der Waals surface area contributed by atoms with Crippen LogP contribution in [0.2, 0.25) is 0 Å². The molecule has 1 rings (SSSR count). The fraction of sp³-hybridized carbons (Fsp3) is 1.00. The number of sulfone groups is 1. The minimum atomic E-state index is -2.87. The van der Waals surface area contributed by atoms with E-state index >= 15 is 0 Å². The molecular formula is C12H26N2O2S. The van der Waals surface area contributed by atoms with E-state index in [4.69, 9.17) is 0 Å². The minimum absolute atomic E-state index is 0.256. The molecule has 1 fully saturated rings. The summed E-state index contributed by atoms with van der Waals surface area (Å²) in [7, 11) is -2.87. The molecule has 1 saturated heterocycles. The third kappa shape index (κ3) is 5.84. The van der Waals surface area contributed by atoms with Crippen LogP contribution in [0.5, 0.6) is 0 Å². The van der Waals surface area contributed by atoms with Gasteiger partial charge in [-0.15, -0.1) is 0 Å². The van der Waals surface area contributed by atoms with Crippen molar-refractivity contribution in [1.29, 1.82) is 0 Å². The Morgan fingerprint density at radius 2 is 1.82 bits per heavy atom. The Hall–Kier alpha value is -0.130. The summed E-state index contributed by atoms with van der Waals surface area (Å²) in [6.45, 7) is 8.60. The van der Waals surface area contributed by atoms with Crippen LogP contribution in [-0.4, -0.2) is 57.0 Å². The minimum Gasteiger partial charge on any atom is -0.316 e. The molecule has 0 aromatic carbocycles. The zero-order valence-electron chi connectivity index (χ0n) is 11.1. The predicted molar refractivity (Wildman–Crippen MR) is 72.1 cm³/mol. The van der Waals surface area contributed by atoms with Crippen molar-refractivity contribution in [2.75, 3.05) is 38.5 Å². The fourth-order valence-electron chi connectivity index (χ4n) is 2.01. The highest BCUT2D eigenvalue weighted by Gasteiger charge is 2.15. The summed E-state index contributed by atoms with van der Waals surface area (Å²) in [4.78, 5) is 2.48. The first-order valence-electron chi connectivity index (χ1n) is 6.67. The highest BCUT2D eigenvalue weighted by Crippen LogP contribution is 2.06. The van der Waals surface area contributed by atoms with Gasteiger partial charge in [-0.25, -0.2) is 8.42 Å². The molecule has 0 unspecified atom stereocenters. The van der Waals surface area contributed by atoms with E-state index < -0.39 is 9.84 Å². The van der Waals surface area contributed by atoms with Gasteiger partial charge in [-0.3, -0.25) is 0 Å².